The van der Waals surface area contributed by atoms with Crippen LogP contribution in [0.3, 0.4) is 0 Å². The third-order valence-corrected chi connectivity index (χ3v) is 6.36. The second-order valence-electron chi connectivity index (χ2n) is 8.37. The molecule has 7 heteroatoms. The normalized spacial score (nSPS) is 26.4. The van der Waals surface area contributed by atoms with Gasteiger partial charge in [-0.15, -0.1) is 0 Å². The Morgan fingerprint density at radius 1 is 1.20 bits per heavy atom. The number of carbonyl (C=O) groups excluding carboxylic acids is 3. The van der Waals surface area contributed by atoms with Crippen molar-refractivity contribution in [2.75, 3.05) is 25.1 Å². The van der Waals surface area contributed by atoms with Crippen molar-refractivity contribution in [1.82, 2.24) is 4.90 Å². The number of benzene rings is 1. The van der Waals surface area contributed by atoms with Crippen LogP contribution in [0.5, 0.6) is 5.75 Å². The van der Waals surface area contributed by atoms with E-state index < -0.39 is 17.8 Å². The molecule has 2 amide bonds. The number of rotatable bonds is 7. The van der Waals surface area contributed by atoms with Crippen LogP contribution in [0.15, 0.2) is 24.3 Å². The van der Waals surface area contributed by atoms with Crippen molar-refractivity contribution in [3.8, 4) is 5.75 Å². The number of esters is 1. The van der Waals surface area contributed by atoms with Gasteiger partial charge in [0.15, 0.2) is 6.61 Å². The predicted octanol–water partition coefficient (Wildman–Crippen LogP) is 3.24. The summed E-state index contributed by atoms with van der Waals surface area (Å²) in [7, 11) is 0. The lowest BCUT2D eigenvalue weighted by Gasteiger charge is -2.39. The van der Waals surface area contributed by atoms with Crippen LogP contribution in [-0.4, -0.2) is 48.5 Å². The summed E-state index contributed by atoms with van der Waals surface area (Å²) in [5.74, 6) is 0.137. The minimum absolute atomic E-state index is 0.0120. The highest BCUT2D eigenvalue weighted by atomic mass is 16.5. The fourth-order valence-electron chi connectivity index (χ4n) is 4.50. The monoisotopic (exact) mass is 416 g/mol. The highest BCUT2D eigenvalue weighted by Gasteiger charge is 2.42. The molecule has 1 heterocycles. The number of hydrogen-bond donors (Lipinski definition) is 1. The average molecular weight is 417 g/mol. The van der Waals surface area contributed by atoms with Gasteiger partial charge < -0.3 is 19.7 Å². The summed E-state index contributed by atoms with van der Waals surface area (Å²) in [4.78, 5) is 39.1. The highest BCUT2D eigenvalue weighted by molar-refractivity contribution is 5.94. The maximum absolute atomic E-state index is 12.5. The Hall–Kier alpha value is -2.57. The van der Waals surface area contributed by atoms with Crippen molar-refractivity contribution in [3.63, 3.8) is 0 Å². The maximum atomic E-state index is 12.5. The topological polar surface area (TPSA) is 84.9 Å². The van der Waals surface area contributed by atoms with Gasteiger partial charge in [-0.3, -0.25) is 14.4 Å². The van der Waals surface area contributed by atoms with Crippen LogP contribution in [0, 0.1) is 17.8 Å². The molecule has 0 aromatic heterocycles. The molecule has 30 heavy (non-hydrogen) atoms. The third kappa shape index (κ3) is 5.12. The van der Waals surface area contributed by atoms with E-state index >= 15 is 0 Å². The van der Waals surface area contributed by atoms with E-state index in [4.69, 9.17) is 9.47 Å². The van der Waals surface area contributed by atoms with Gasteiger partial charge in [-0.2, -0.15) is 0 Å². The first-order chi connectivity index (χ1) is 14.4. The summed E-state index contributed by atoms with van der Waals surface area (Å²) < 4.78 is 10.7. The molecule has 1 aliphatic heterocycles. The van der Waals surface area contributed by atoms with Crippen LogP contribution in [0.2, 0.25) is 0 Å². The Morgan fingerprint density at radius 3 is 2.73 bits per heavy atom. The van der Waals surface area contributed by atoms with Gasteiger partial charge >= 0.3 is 5.97 Å². The summed E-state index contributed by atoms with van der Waals surface area (Å²) >= 11 is 0. The summed E-state index contributed by atoms with van der Waals surface area (Å²) in [5.41, 5.74) is 0.531. The Morgan fingerprint density at radius 2 is 1.97 bits per heavy atom. The van der Waals surface area contributed by atoms with Crippen LogP contribution < -0.4 is 10.1 Å². The zero-order valence-corrected chi connectivity index (χ0v) is 18.1. The standard InChI is InChI=1S/C23H32N2O5/c1-4-29-20-11-6-5-9-18(20)24-21(26)14-30-23(28)17-12-22(27)25(13-17)19-10-7-8-15(2)16(19)3/h5-6,9,11,15-17,19H,4,7-8,10,12-14H2,1-3H3,(H,24,26)/t15-,16-,17+,19-/m0/s1. The van der Waals surface area contributed by atoms with Gasteiger partial charge in [0.1, 0.15) is 5.75 Å². The lowest BCUT2D eigenvalue weighted by Crippen LogP contribution is -2.45. The van der Waals surface area contributed by atoms with Gasteiger partial charge in [-0.25, -0.2) is 0 Å². The summed E-state index contributed by atoms with van der Waals surface area (Å²) in [5, 5.41) is 2.70. The van der Waals surface area contributed by atoms with Crippen molar-refractivity contribution in [2.45, 2.75) is 52.5 Å². The van der Waals surface area contributed by atoms with E-state index in [1.807, 2.05) is 17.9 Å². The molecule has 3 rings (SSSR count). The van der Waals surface area contributed by atoms with E-state index in [-0.39, 0.29) is 25.0 Å². The van der Waals surface area contributed by atoms with E-state index in [2.05, 4.69) is 19.2 Å². The van der Waals surface area contributed by atoms with E-state index in [1.165, 1.54) is 6.42 Å². The number of amides is 2. The fourth-order valence-corrected chi connectivity index (χ4v) is 4.50. The van der Waals surface area contributed by atoms with E-state index in [9.17, 15) is 14.4 Å². The second kappa shape index (κ2) is 9.96. The molecular formula is C23H32N2O5. The van der Waals surface area contributed by atoms with Crippen molar-refractivity contribution >= 4 is 23.5 Å². The quantitative estimate of drug-likeness (QED) is 0.690. The van der Waals surface area contributed by atoms with Crippen LogP contribution in [0.25, 0.3) is 0 Å². The summed E-state index contributed by atoms with van der Waals surface area (Å²) in [6, 6.07) is 7.28. The van der Waals surface area contributed by atoms with Gasteiger partial charge in [-0.05, 0) is 37.3 Å². The Kier molecular flexibility index (Phi) is 7.34. The second-order valence-corrected chi connectivity index (χ2v) is 8.37. The lowest BCUT2D eigenvalue weighted by atomic mass is 9.77. The summed E-state index contributed by atoms with van der Waals surface area (Å²) in [6.07, 6.45) is 3.44. The first-order valence-electron chi connectivity index (χ1n) is 10.9. The summed E-state index contributed by atoms with van der Waals surface area (Å²) in [6.45, 7) is 6.76. The number of hydrogen-bond acceptors (Lipinski definition) is 5. The zero-order valence-electron chi connectivity index (χ0n) is 18.1. The maximum Gasteiger partial charge on any atom is 0.311 e. The van der Waals surface area contributed by atoms with Crippen molar-refractivity contribution < 1.29 is 23.9 Å². The number of ether oxygens (including phenoxy) is 2. The molecule has 1 aromatic carbocycles. The van der Waals surface area contributed by atoms with E-state index in [0.29, 0.717) is 36.4 Å². The minimum atomic E-state index is -0.509. The number of nitrogens with one attached hydrogen (secondary N) is 1. The van der Waals surface area contributed by atoms with E-state index in [1.54, 1.807) is 18.2 Å². The van der Waals surface area contributed by atoms with Gasteiger partial charge in [0, 0.05) is 19.0 Å². The zero-order chi connectivity index (χ0) is 21.7. The van der Waals surface area contributed by atoms with Gasteiger partial charge in [-0.1, -0.05) is 38.8 Å². The average Bonchev–Trinajstić information content (AvgIpc) is 3.11. The molecule has 0 bridgehead atoms. The SMILES string of the molecule is CCOc1ccccc1NC(=O)COC(=O)[C@@H]1CC(=O)N([C@H]2CCC[C@H](C)[C@@H]2C)C1. The van der Waals surface area contributed by atoms with Crippen LogP contribution in [0.4, 0.5) is 5.69 Å². The first-order valence-corrected chi connectivity index (χ1v) is 10.9. The third-order valence-electron chi connectivity index (χ3n) is 6.36. The number of likely N-dealkylation sites (tertiary alicyclic amines) is 1. The molecule has 2 fully saturated rings. The van der Waals surface area contributed by atoms with Gasteiger partial charge in [0.05, 0.1) is 18.2 Å². The highest BCUT2D eigenvalue weighted by Crippen LogP contribution is 2.36. The number of para-hydroxylation sites is 2. The van der Waals surface area contributed by atoms with E-state index in [0.717, 1.165) is 12.8 Å². The molecule has 1 aromatic rings. The Balaban J connectivity index is 1.51. The van der Waals surface area contributed by atoms with Crippen LogP contribution >= 0.6 is 0 Å². The molecule has 1 N–H and O–H groups in total. The van der Waals surface area contributed by atoms with Gasteiger partial charge in [0.2, 0.25) is 5.91 Å². The molecule has 164 valence electrons. The molecule has 2 aliphatic rings. The first kappa shape index (κ1) is 22.1. The molecule has 0 spiro atoms. The molecule has 7 nitrogen and oxygen atoms in total. The number of anilines is 1. The van der Waals surface area contributed by atoms with Crippen molar-refractivity contribution in [2.24, 2.45) is 17.8 Å². The van der Waals surface area contributed by atoms with Crippen LogP contribution in [0.1, 0.15) is 46.5 Å². The lowest BCUT2D eigenvalue weighted by molar-refractivity contribution is -0.151. The molecule has 4 atom stereocenters. The number of carbonyl (C=O) groups is 3. The minimum Gasteiger partial charge on any atom is -0.492 e. The van der Waals surface area contributed by atoms with Crippen molar-refractivity contribution in [3.05, 3.63) is 24.3 Å². The molecule has 1 aliphatic carbocycles. The van der Waals surface area contributed by atoms with Gasteiger partial charge in [0.25, 0.3) is 5.91 Å². The molecule has 0 unspecified atom stereocenters. The smallest absolute Gasteiger partial charge is 0.311 e. The Labute approximate surface area is 178 Å². The van der Waals surface area contributed by atoms with Crippen LogP contribution in [-0.2, 0) is 19.1 Å². The predicted molar refractivity (Wildman–Crippen MR) is 113 cm³/mol. The molecule has 0 radical (unpaired) electrons. The molecular weight excluding hydrogens is 384 g/mol. The fraction of sp³-hybridized carbons (Fsp3) is 0.609. The molecule has 1 saturated carbocycles. The molecule has 1 saturated heterocycles. The Bertz CT molecular complexity index is 781. The largest absolute Gasteiger partial charge is 0.492 e. The van der Waals surface area contributed by atoms with Crippen molar-refractivity contribution in [1.29, 1.82) is 0 Å². The number of nitrogens with zero attached hydrogens (tertiary/aromatic N) is 1.